The van der Waals surface area contributed by atoms with E-state index in [1.165, 1.54) is 30.2 Å². The van der Waals surface area contributed by atoms with Gasteiger partial charge in [-0.3, -0.25) is 5.43 Å². The molecule has 98 valence electrons. The summed E-state index contributed by atoms with van der Waals surface area (Å²) in [5.41, 5.74) is 7.81. The number of aromatic nitrogens is 1. The van der Waals surface area contributed by atoms with Crippen LogP contribution in [-0.2, 0) is 0 Å². The molecule has 0 atom stereocenters. The van der Waals surface area contributed by atoms with Crippen molar-refractivity contribution in [2.45, 2.75) is 32.6 Å². The van der Waals surface area contributed by atoms with Crippen LogP contribution in [0, 0.1) is 0 Å². The Kier molecular flexibility index (Phi) is 3.36. The number of nitrogens with zero attached hydrogens (tertiary/aromatic N) is 1. The van der Waals surface area contributed by atoms with Crippen molar-refractivity contribution in [3.63, 3.8) is 0 Å². The van der Waals surface area contributed by atoms with Gasteiger partial charge in [0.15, 0.2) is 0 Å². The highest BCUT2D eigenvalue weighted by molar-refractivity contribution is 6.04. The van der Waals surface area contributed by atoms with Crippen LogP contribution in [0.5, 0.6) is 0 Å². The lowest BCUT2D eigenvalue weighted by Crippen LogP contribution is -1.98. The van der Waals surface area contributed by atoms with Gasteiger partial charge in [0.25, 0.3) is 0 Å². The molecular formula is C16H19N3. The van der Waals surface area contributed by atoms with Crippen molar-refractivity contribution in [1.82, 2.24) is 4.98 Å². The van der Waals surface area contributed by atoms with Crippen LogP contribution in [0.15, 0.2) is 35.6 Å². The number of anilines is 1. The molecule has 0 radical (unpaired) electrons. The maximum Gasteiger partial charge on any atom is 0.0728 e. The highest BCUT2D eigenvalue weighted by Crippen LogP contribution is 2.29. The van der Waals surface area contributed by atoms with Crippen molar-refractivity contribution in [2.75, 3.05) is 5.43 Å². The second kappa shape index (κ2) is 5.31. The number of rotatable bonds is 4. The fourth-order valence-electron chi connectivity index (χ4n) is 2.46. The first-order chi connectivity index (χ1) is 9.38. The van der Waals surface area contributed by atoms with Crippen LogP contribution in [0.1, 0.15) is 38.2 Å². The molecule has 1 aromatic carbocycles. The normalized spacial score (nSPS) is 13.8. The van der Waals surface area contributed by atoms with E-state index in [4.69, 9.17) is 0 Å². The molecule has 3 heteroatoms. The van der Waals surface area contributed by atoms with E-state index in [0.717, 1.165) is 23.3 Å². The second-order valence-electron chi connectivity index (χ2n) is 4.97. The van der Waals surface area contributed by atoms with Gasteiger partial charge in [-0.15, -0.1) is 0 Å². The lowest BCUT2D eigenvalue weighted by molar-refractivity contribution is 0.742. The molecule has 0 aliphatic carbocycles. The fourth-order valence-corrected chi connectivity index (χ4v) is 2.46. The number of allylic oxidation sites excluding steroid dienone is 1. The van der Waals surface area contributed by atoms with Gasteiger partial charge in [0.2, 0.25) is 0 Å². The molecule has 3 nitrogen and oxygen atoms in total. The average Bonchev–Trinajstić information content (AvgIpc) is 2.81. The van der Waals surface area contributed by atoms with Gasteiger partial charge >= 0.3 is 0 Å². The predicted molar refractivity (Wildman–Crippen MR) is 82.5 cm³/mol. The quantitative estimate of drug-likeness (QED) is 0.771. The van der Waals surface area contributed by atoms with Gasteiger partial charge < -0.3 is 4.98 Å². The highest BCUT2D eigenvalue weighted by atomic mass is 15.3. The minimum Gasteiger partial charge on any atom is -0.361 e. The van der Waals surface area contributed by atoms with Gasteiger partial charge in [0.05, 0.1) is 11.4 Å². The van der Waals surface area contributed by atoms with E-state index in [9.17, 15) is 0 Å². The van der Waals surface area contributed by atoms with E-state index in [1.807, 2.05) is 6.20 Å². The van der Waals surface area contributed by atoms with Crippen LogP contribution in [0.3, 0.4) is 0 Å². The molecule has 2 heterocycles. The number of H-pyrrole nitrogens is 1. The molecule has 2 N–H and O–H groups in total. The molecule has 1 aliphatic rings. The summed E-state index contributed by atoms with van der Waals surface area (Å²) in [5, 5.41) is 5.73. The van der Waals surface area contributed by atoms with Crippen LogP contribution >= 0.6 is 0 Å². The van der Waals surface area contributed by atoms with E-state index >= 15 is 0 Å². The van der Waals surface area contributed by atoms with Crippen molar-refractivity contribution in [2.24, 2.45) is 5.10 Å². The zero-order valence-electron chi connectivity index (χ0n) is 11.2. The van der Waals surface area contributed by atoms with Crippen LogP contribution in [0.4, 0.5) is 5.69 Å². The first-order valence-electron chi connectivity index (χ1n) is 6.99. The topological polar surface area (TPSA) is 40.2 Å². The molecule has 19 heavy (non-hydrogen) atoms. The lowest BCUT2D eigenvalue weighted by Gasteiger charge is -2.05. The largest absolute Gasteiger partial charge is 0.361 e. The number of fused-ring (bicyclic) bond motifs is 3. The van der Waals surface area contributed by atoms with Crippen molar-refractivity contribution in [3.8, 4) is 0 Å². The Morgan fingerprint density at radius 2 is 2.05 bits per heavy atom. The molecule has 0 saturated heterocycles. The summed E-state index contributed by atoms with van der Waals surface area (Å²) in [7, 11) is 0. The Hall–Kier alpha value is -2.03. The lowest BCUT2D eigenvalue weighted by atomic mass is 10.1. The summed E-state index contributed by atoms with van der Waals surface area (Å²) in [6.45, 7) is 2.22. The predicted octanol–water partition coefficient (Wildman–Crippen LogP) is 4.54. The molecule has 2 aromatic rings. The molecule has 1 aromatic heterocycles. The van der Waals surface area contributed by atoms with Crippen LogP contribution in [0.2, 0.25) is 0 Å². The molecule has 0 saturated carbocycles. The van der Waals surface area contributed by atoms with Crippen LogP contribution in [0.25, 0.3) is 17.0 Å². The maximum atomic E-state index is 4.53. The van der Waals surface area contributed by atoms with Gasteiger partial charge in [0.1, 0.15) is 0 Å². The zero-order chi connectivity index (χ0) is 13.1. The van der Waals surface area contributed by atoms with Gasteiger partial charge in [-0.1, -0.05) is 31.9 Å². The van der Waals surface area contributed by atoms with E-state index < -0.39 is 0 Å². The Morgan fingerprint density at radius 1 is 1.11 bits per heavy atom. The molecule has 0 amide bonds. The average molecular weight is 253 g/mol. The zero-order valence-corrected chi connectivity index (χ0v) is 11.2. The van der Waals surface area contributed by atoms with E-state index in [1.54, 1.807) is 0 Å². The third-order valence-corrected chi connectivity index (χ3v) is 3.57. The Morgan fingerprint density at radius 3 is 2.95 bits per heavy atom. The standard InChI is InChI=1S/C16H19N3/c1-2-3-4-5-13-8-6-12-7-9-15-14(10-11-17-15)16(12)19-18-13/h6-11,17,19H,2-5H2,1H3. The summed E-state index contributed by atoms with van der Waals surface area (Å²) in [6.07, 6.45) is 11.0. The summed E-state index contributed by atoms with van der Waals surface area (Å²) < 4.78 is 0. The molecule has 3 rings (SSSR count). The van der Waals surface area contributed by atoms with E-state index in [0.29, 0.717) is 0 Å². The summed E-state index contributed by atoms with van der Waals surface area (Å²) in [5.74, 6) is 0. The second-order valence-corrected chi connectivity index (χ2v) is 4.97. The maximum absolute atomic E-state index is 4.53. The summed E-state index contributed by atoms with van der Waals surface area (Å²) in [4.78, 5) is 3.23. The molecule has 0 fully saturated rings. The fraction of sp³-hybridized carbons (Fsp3) is 0.312. The number of benzene rings is 1. The number of unbranched alkanes of at least 4 members (excludes halogenated alkanes) is 2. The monoisotopic (exact) mass is 253 g/mol. The molecular weight excluding hydrogens is 234 g/mol. The van der Waals surface area contributed by atoms with Gasteiger partial charge in [-0.25, -0.2) is 0 Å². The molecule has 0 bridgehead atoms. The first-order valence-corrected chi connectivity index (χ1v) is 6.99. The van der Waals surface area contributed by atoms with Gasteiger partial charge in [-0.2, -0.15) is 5.10 Å². The van der Waals surface area contributed by atoms with Crippen LogP contribution in [-0.4, -0.2) is 10.7 Å². The molecule has 0 spiro atoms. The SMILES string of the molecule is CCCCCC1=NNc2c(ccc3[nH]ccc23)C=C1. The van der Waals surface area contributed by atoms with Gasteiger partial charge in [-0.05, 0) is 31.1 Å². The number of nitrogens with one attached hydrogen (secondary N) is 2. The van der Waals surface area contributed by atoms with Gasteiger partial charge in [0, 0.05) is 22.7 Å². The highest BCUT2D eigenvalue weighted by Gasteiger charge is 2.09. The number of aromatic amines is 1. The third kappa shape index (κ3) is 2.41. The minimum atomic E-state index is 1.04. The number of hydrogen-bond acceptors (Lipinski definition) is 2. The van der Waals surface area contributed by atoms with E-state index in [2.05, 4.69) is 52.8 Å². The smallest absolute Gasteiger partial charge is 0.0728 e. The van der Waals surface area contributed by atoms with Crippen molar-refractivity contribution in [3.05, 3.63) is 36.0 Å². The molecule has 0 unspecified atom stereocenters. The van der Waals surface area contributed by atoms with Crippen molar-refractivity contribution in [1.29, 1.82) is 0 Å². The minimum absolute atomic E-state index is 1.04. The Labute approximate surface area is 113 Å². The number of hydrazone groups is 1. The van der Waals surface area contributed by atoms with Crippen molar-refractivity contribution >= 4 is 28.4 Å². The number of hydrogen-bond donors (Lipinski definition) is 2. The van der Waals surface area contributed by atoms with Crippen molar-refractivity contribution < 1.29 is 0 Å². The summed E-state index contributed by atoms with van der Waals surface area (Å²) in [6, 6.07) is 6.33. The third-order valence-electron chi connectivity index (χ3n) is 3.57. The summed E-state index contributed by atoms with van der Waals surface area (Å²) >= 11 is 0. The Balaban J connectivity index is 1.87. The first kappa shape index (κ1) is 12.0. The van der Waals surface area contributed by atoms with Crippen LogP contribution < -0.4 is 5.43 Å². The molecule has 1 aliphatic heterocycles. The van der Waals surface area contributed by atoms with E-state index in [-0.39, 0.29) is 0 Å². The Bertz CT molecular complexity index is 634.